The molecule has 72 valence electrons. The molecule has 2 heterocycles. The molecule has 0 spiro atoms. The van der Waals surface area contributed by atoms with E-state index in [-0.39, 0.29) is 5.97 Å². The molecule has 1 aliphatic rings. The molecule has 0 saturated heterocycles. The third-order valence-electron chi connectivity index (χ3n) is 1.93. The van der Waals surface area contributed by atoms with Crippen molar-refractivity contribution in [1.82, 2.24) is 9.97 Å². The maximum atomic E-state index is 11.2. The van der Waals surface area contributed by atoms with Crippen LogP contribution in [0, 0.1) is 0 Å². The highest BCUT2D eigenvalue weighted by molar-refractivity contribution is 5.96. The Labute approximate surface area is 80.8 Å². The molecule has 2 rings (SSSR count). The van der Waals surface area contributed by atoms with Crippen molar-refractivity contribution >= 4 is 17.9 Å². The zero-order valence-electron chi connectivity index (χ0n) is 7.65. The van der Waals surface area contributed by atoms with E-state index in [0.717, 1.165) is 0 Å². The number of nitrogens with zero attached hydrogens (tertiary/aromatic N) is 2. The molecular formula is C9H9N3O2. The molecule has 0 fully saturated rings. The van der Waals surface area contributed by atoms with E-state index in [4.69, 9.17) is 0 Å². The van der Waals surface area contributed by atoms with E-state index in [0.29, 0.717) is 23.6 Å². The van der Waals surface area contributed by atoms with Gasteiger partial charge in [-0.15, -0.1) is 0 Å². The molecule has 1 aromatic rings. The van der Waals surface area contributed by atoms with Gasteiger partial charge >= 0.3 is 5.97 Å². The van der Waals surface area contributed by atoms with Gasteiger partial charge in [-0.2, -0.15) is 0 Å². The summed E-state index contributed by atoms with van der Waals surface area (Å²) < 4.78 is 4.61. The topological polar surface area (TPSA) is 64.1 Å². The van der Waals surface area contributed by atoms with Crippen molar-refractivity contribution in [3.05, 3.63) is 23.7 Å². The molecule has 5 nitrogen and oxygen atoms in total. The van der Waals surface area contributed by atoms with Gasteiger partial charge in [-0.25, -0.2) is 9.78 Å². The number of fused-ring (bicyclic) bond motifs is 1. The second-order valence-corrected chi connectivity index (χ2v) is 2.80. The Morgan fingerprint density at radius 2 is 2.29 bits per heavy atom. The maximum Gasteiger partial charge on any atom is 0.335 e. The Balaban J connectivity index is 2.36. The van der Waals surface area contributed by atoms with Gasteiger partial charge in [-0.05, 0) is 6.08 Å². The van der Waals surface area contributed by atoms with Gasteiger partial charge < -0.3 is 10.1 Å². The largest absolute Gasteiger partial charge is 0.466 e. The molecule has 0 atom stereocenters. The molecule has 0 amide bonds. The van der Waals surface area contributed by atoms with Gasteiger partial charge in [0, 0.05) is 18.9 Å². The molecule has 0 bridgehead atoms. The molecule has 1 aromatic heterocycles. The van der Waals surface area contributed by atoms with Crippen LogP contribution in [0.5, 0.6) is 0 Å². The molecule has 5 heteroatoms. The summed E-state index contributed by atoms with van der Waals surface area (Å²) in [7, 11) is 1.36. The number of esters is 1. The number of carbonyl (C=O) groups is 1. The van der Waals surface area contributed by atoms with E-state index >= 15 is 0 Å². The van der Waals surface area contributed by atoms with Crippen molar-refractivity contribution in [3.8, 4) is 0 Å². The Kier molecular flexibility index (Phi) is 2.14. The Bertz CT molecular complexity index is 401. The fourth-order valence-corrected chi connectivity index (χ4v) is 1.25. The van der Waals surface area contributed by atoms with Gasteiger partial charge in [0.1, 0.15) is 5.69 Å². The second-order valence-electron chi connectivity index (χ2n) is 2.80. The first kappa shape index (κ1) is 8.68. The van der Waals surface area contributed by atoms with Crippen molar-refractivity contribution < 1.29 is 9.53 Å². The van der Waals surface area contributed by atoms with Crippen LogP contribution in [0.3, 0.4) is 0 Å². The summed E-state index contributed by atoms with van der Waals surface area (Å²) in [5.74, 6) is 0.356. The number of carbonyl (C=O) groups excluding carboxylic acids is 1. The van der Waals surface area contributed by atoms with Crippen molar-refractivity contribution in [2.24, 2.45) is 0 Å². The van der Waals surface area contributed by atoms with Gasteiger partial charge in [-0.3, -0.25) is 4.98 Å². The number of ether oxygens (including phenoxy) is 1. The lowest BCUT2D eigenvalue weighted by molar-refractivity contribution is -0.135. The molecule has 14 heavy (non-hydrogen) atoms. The van der Waals surface area contributed by atoms with Crippen molar-refractivity contribution in [2.45, 2.75) is 0 Å². The average molecular weight is 191 g/mol. The summed E-state index contributed by atoms with van der Waals surface area (Å²) in [6.07, 6.45) is 4.87. The monoisotopic (exact) mass is 191 g/mol. The van der Waals surface area contributed by atoms with Crippen LogP contribution in [0.1, 0.15) is 5.69 Å². The van der Waals surface area contributed by atoms with Crippen molar-refractivity contribution in [2.75, 3.05) is 19.0 Å². The Morgan fingerprint density at radius 3 is 3.07 bits per heavy atom. The maximum absolute atomic E-state index is 11.2. The summed E-state index contributed by atoms with van der Waals surface area (Å²) in [5.41, 5.74) is 1.22. The minimum atomic E-state index is -0.339. The number of hydrogen-bond acceptors (Lipinski definition) is 5. The van der Waals surface area contributed by atoms with E-state index in [1.54, 1.807) is 18.5 Å². The third kappa shape index (κ3) is 1.44. The predicted octanol–water partition coefficient (Wildman–Crippen LogP) is 0.458. The van der Waals surface area contributed by atoms with E-state index in [2.05, 4.69) is 20.0 Å². The van der Waals surface area contributed by atoms with Gasteiger partial charge in [0.2, 0.25) is 0 Å². The molecule has 1 N–H and O–H groups in total. The minimum Gasteiger partial charge on any atom is -0.466 e. The van der Waals surface area contributed by atoms with Crippen LogP contribution < -0.4 is 5.32 Å². The highest BCUT2D eigenvalue weighted by atomic mass is 16.5. The lowest BCUT2D eigenvalue weighted by Gasteiger charge is -2.14. The number of hydrogen-bond donors (Lipinski definition) is 1. The van der Waals surface area contributed by atoms with Crippen LogP contribution in [0.2, 0.25) is 0 Å². The summed E-state index contributed by atoms with van der Waals surface area (Å²) in [5, 5.41) is 2.99. The first-order valence-electron chi connectivity index (χ1n) is 4.15. The highest BCUT2D eigenvalue weighted by Gasteiger charge is 2.16. The van der Waals surface area contributed by atoms with Crippen LogP contribution in [0.25, 0.3) is 6.08 Å². The lowest BCUT2D eigenvalue weighted by Crippen LogP contribution is -2.19. The van der Waals surface area contributed by atoms with E-state index in [1.807, 2.05) is 0 Å². The van der Waals surface area contributed by atoms with Crippen LogP contribution in [0.15, 0.2) is 18.0 Å². The average Bonchev–Trinajstić information content (AvgIpc) is 2.27. The smallest absolute Gasteiger partial charge is 0.335 e. The van der Waals surface area contributed by atoms with Crippen molar-refractivity contribution in [1.29, 1.82) is 0 Å². The van der Waals surface area contributed by atoms with E-state index in [9.17, 15) is 4.79 Å². The zero-order chi connectivity index (χ0) is 9.97. The molecule has 0 saturated carbocycles. The quantitative estimate of drug-likeness (QED) is 0.653. The number of methoxy groups -OCH3 is 1. The molecular weight excluding hydrogens is 182 g/mol. The van der Waals surface area contributed by atoms with Gasteiger partial charge in [0.05, 0.1) is 12.7 Å². The number of aromatic nitrogens is 2. The second kappa shape index (κ2) is 3.45. The summed E-state index contributed by atoms with van der Waals surface area (Å²) >= 11 is 0. The molecule has 0 unspecified atom stereocenters. The molecule has 0 aliphatic carbocycles. The van der Waals surface area contributed by atoms with Crippen LogP contribution in [-0.2, 0) is 9.53 Å². The van der Waals surface area contributed by atoms with Gasteiger partial charge in [0.25, 0.3) is 0 Å². The number of nitrogens with one attached hydrogen (secondary N) is 1. The van der Waals surface area contributed by atoms with Gasteiger partial charge in [0.15, 0.2) is 5.82 Å². The molecule has 0 radical (unpaired) electrons. The minimum absolute atomic E-state index is 0.339. The Morgan fingerprint density at radius 1 is 1.50 bits per heavy atom. The molecule has 1 aliphatic heterocycles. The number of rotatable bonds is 1. The fraction of sp³-hybridized carbons (Fsp3) is 0.222. The van der Waals surface area contributed by atoms with E-state index in [1.165, 1.54) is 7.11 Å². The first-order chi connectivity index (χ1) is 6.81. The standard InChI is InChI=1S/C9H9N3O2/c1-14-9(13)6-4-7-8(12-5-6)11-3-2-10-7/h2-4H,5H2,1H3,(H,11,12). The third-order valence-corrected chi connectivity index (χ3v) is 1.93. The van der Waals surface area contributed by atoms with Crippen LogP contribution in [0.4, 0.5) is 5.82 Å². The van der Waals surface area contributed by atoms with Crippen LogP contribution >= 0.6 is 0 Å². The fourth-order valence-electron chi connectivity index (χ4n) is 1.25. The lowest BCUT2D eigenvalue weighted by atomic mass is 10.1. The molecule has 0 aromatic carbocycles. The highest BCUT2D eigenvalue weighted by Crippen LogP contribution is 2.18. The summed E-state index contributed by atoms with van der Waals surface area (Å²) in [4.78, 5) is 19.3. The number of anilines is 1. The summed E-state index contributed by atoms with van der Waals surface area (Å²) in [6, 6.07) is 0. The SMILES string of the molecule is COC(=O)C1=Cc2nccnc2NC1. The zero-order valence-corrected chi connectivity index (χ0v) is 7.65. The normalized spacial score (nSPS) is 13.6. The van der Waals surface area contributed by atoms with Crippen LogP contribution in [-0.4, -0.2) is 29.6 Å². The van der Waals surface area contributed by atoms with Crippen molar-refractivity contribution in [3.63, 3.8) is 0 Å². The van der Waals surface area contributed by atoms with Gasteiger partial charge in [-0.1, -0.05) is 0 Å². The Hall–Kier alpha value is -1.91. The van der Waals surface area contributed by atoms with E-state index < -0.39 is 0 Å². The summed E-state index contributed by atoms with van der Waals surface area (Å²) in [6.45, 7) is 0.429. The predicted molar refractivity (Wildman–Crippen MR) is 50.5 cm³/mol. The first-order valence-corrected chi connectivity index (χ1v) is 4.15.